The zero-order valence-electron chi connectivity index (χ0n) is 24.6. The van der Waals surface area contributed by atoms with Crippen molar-refractivity contribution in [1.29, 1.82) is 0 Å². The number of nitrogens with zero attached hydrogens (tertiary/aromatic N) is 6. The molecule has 0 aliphatic heterocycles. The van der Waals surface area contributed by atoms with E-state index in [0.29, 0.717) is 53.5 Å². The number of hydrogen-bond donors (Lipinski definition) is 3. The van der Waals surface area contributed by atoms with Crippen LogP contribution in [0.1, 0.15) is 31.2 Å². The summed E-state index contributed by atoms with van der Waals surface area (Å²) in [4.78, 5) is 53.6. The number of carbonyl (C=O) groups is 2. The van der Waals surface area contributed by atoms with Gasteiger partial charge in [-0.2, -0.15) is 5.21 Å². The topological polar surface area (TPSA) is 188 Å². The van der Waals surface area contributed by atoms with E-state index in [1.54, 1.807) is 55.6 Å². The molecule has 1 aliphatic rings. The van der Waals surface area contributed by atoms with Gasteiger partial charge in [0, 0.05) is 31.8 Å². The molecule has 0 saturated heterocycles. The SMILES string of the molecule is Cl.Cn1cc(-c2ccc(C[C@H](N)C(=O)N(C(=O)C3CCC(CN)CC3)c3ccc(-c4nn[nH]n4)cc3)cc2)c(=O)n(C)c1=O. The Kier molecular flexibility index (Phi) is 10.2. The zero-order chi connectivity index (χ0) is 30.7. The third-order valence-corrected chi connectivity index (χ3v) is 8.18. The van der Waals surface area contributed by atoms with Gasteiger partial charge in [0.15, 0.2) is 0 Å². The van der Waals surface area contributed by atoms with Crippen molar-refractivity contribution >= 4 is 29.9 Å². The molecule has 0 radical (unpaired) electrons. The van der Waals surface area contributed by atoms with Crippen molar-refractivity contribution < 1.29 is 9.59 Å². The molecule has 0 bridgehead atoms. The fourth-order valence-corrected chi connectivity index (χ4v) is 5.57. The van der Waals surface area contributed by atoms with Gasteiger partial charge in [-0.1, -0.05) is 24.3 Å². The Bertz CT molecular complexity index is 1710. The Balaban J connectivity index is 0.00000442. The average molecular weight is 622 g/mol. The summed E-state index contributed by atoms with van der Waals surface area (Å²) in [5, 5.41) is 13.9. The lowest BCUT2D eigenvalue weighted by Gasteiger charge is -2.32. The van der Waals surface area contributed by atoms with E-state index < -0.39 is 23.2 Å². The van der Waals surface area contributed by atoms with E-state index >= 15 is 0 Å². The lowest BCUT2D eigenvalue weighted by molar-refractivity contribution is -0.130. The Morgan fingerprint density at radius 1 is 1.00 bits per heavy atom. The molecule has 1 aliphatic carbocycles. The number of nitrogens with one attached hydrogen (secondary N) is 1. The number of nitrogens with two attached hydrogens (primary N) is 2. The van der Waals surface area contributed by atoms with Crippen LogP contribution in [0.4, 0.5) is 5.69 Å². The highest BCUT2D eigenvalue weighted by atomic mass is 35.5. The number of anilines is 1. The fourth-order valence-electron chi connectivity index (χ4n) is 5.57. The van der Waals surface area contributed by atoms with Gasteiger partial charge >= 0.3 is 5.69 Å². The molecule has 5 N–H and O–H groups in total. The maximum atomic E-state index is 13.9. The van der Waals surface area contributed by atoms with Gasteiger partial charge in [0.1, 0.15) is 0 Å². The van der Waals surface area contributed by atoms with Crippen LogP contribution in [0.2, 0.25) is 0 Å². The van der Waals surface area contributed by atoms with Crippen molar-refractivity contribution in [3.05, 3.63) is 81.1 Å². The second-order valence-electron chi connectivity index (χ2n) is 11.1. The molecule has 14 heteroatoms. The molecular formula is C30H36ClN9O4. The molecule has 5 rings (SSSR count). The van der Waals surface area contributed by atoms with Crippen LogP contribution in [0.25, 0.3) is 22.5 Å². The second kappa shape index (κ2) is 13.9. The van der Waals surface area contributed by atoms with Crippen LogP contribution in [-0.2, 0) is 30.1 Å². The zero-order valence-corrected chi connectivity index (χ0v) is 25.4. The van der Waals surface area contributed by atoms with E-state index in [-0.39, 0.29) is 30.7 Å². The molecule has 4 aromatic rings. The van der Waals surface area contributed by atoms with Crippen molar-refractivity contribution in [2.45, 2.75) is 38.1 Å². The summed E-state index contributed by atoms with van der Waals surface area (Å²) < 4.78 is 2.41. The second-order valence-corrected chi connectivity index (χ2v) is 11.1. The number of H-pyrrole nitrogens is 1. The number of imide groups is 1. The minimum absolute atomic E-state index is 0. The Morgan fingerprint density at radius 2 is 1.64 bits per heavy atom. The summed E-state index contributed by atoms with van der Waals surface area (Å²) in [5.41, 5.74) is 14.3. The van der Waals surface area contributed by atoms with Gasteiger partial charge in [0.05, 0.1) is 17.3 Å². The van der Waals surface area contributed by atoms with E-state index in [2.05, 4.69) is 20.6 Å². The van der Waals surface area contributed by atoms with E-state index in [0.717, 1.165) is 23.0 Å². The van der Waals surface area contributed by atoms with Gasteiger partial charge in [0.25, 0.3) is 11.5 Å². The average Bonchev–Trinajstić information content (AvgIpc) is 3.58. The fraction of sp³-hybridized carbons (Fsp3) is 0.367. The van der Waals surface area contributed by atoms with E-state index in [1.807, 2.05) is 0 Å². The standard InChI is InChI=1S/C30H35N9O4.ClH/c1-37-17-24(28(41)38(2)30(37)43)20-7-3-18(4-8-20)15-25(32)29(42)39(27(40)22-9-5-19(16-31)6-10-22)23-13-11-21(12-14-23)26-33-35-36-34-26;/h3-4,7-8,11-14,17,19,22,25H,5-6,9-10,15-16,31-32H2,1-2H3,(H,33,34,35,36);1H/t19?,22?,25-;/m0./s1. The van der Waals surface area contributed by atoms with Gasteiger partial charge in [-0.25, -0.2) is 9.69 Å². The predicted molar refractivity (Wildman–Crippen MR) is 168 cm³/mol. The molecule has 1 fully saturated rings. The van der Waals surface area contributed by atoms with Gasteiger partial charge in [-0.15, -0.1) is 22.6 Å². The number of tetrazole rings is 1. The highest BCUT2D eigenvalue weighted by molar-refractivity contribution is 6.17. The summed E-state index contributed by atoms with van der Waals surface area (Å²) in [5.74, 6) is -0.307. The first-order valence-corrected chi connectivity index (χ1v) is 14.2. The van der Waals surface area contributed by atoms with Gasteiger partial charge in [-0.3, -0.25) is 19.0 Å². The number of hydrogen-bond acceptors (Lipinski definition) is 9. The normalized spacial score (nSPS) is 17.0. The molecule has 0 unspecified atom stereocenters. The van der Waals surface area contributed by atoms with Crippen LogP contribution in [0.5, 0.6) is 0 Å². The molecular weight excluding hydrogens is 586 g/mol. The van der Waals surface area contributed by atoms with Crippen molar-refractivity contribution in [3.8, 4) is 22.5 Å². The van der Waals surface area contributed by atoms with Gasteiger partial charge in [-0.05, 0) is 85.2 Å². The Morgan fingerprint density at radius 3 is 2.23 bits per heavy atom. The molecule has 2 aromatic carbocycles. The largest absolute Gasteiger partial charge is 0.330 e. The van der Waals surface area contributed by atoms with Crippen LogP contribution in [-0.4, -0.2) is 54.2 Å². The van der Waals surface area contributed by atoms with Crippen molar-refractivity contribution in [1.82, 2.24) is 29.8 Å². The number of halogens is 1. The number of benzene rings is 2. The number of amides is 2. The van der Waals surface area contributed by atoms with Crippen LogP contribution < -0.4 is 27.6 Å². The maximum Gasteiger partial charge on any atom is 0.330 e. The molecule has 13 nitrogen and oxygen atoms in total. The summed E-state index contributed by atoms with van der Waals surface area (Å²) >= 11 is 0. The van der Waals surface area contributed by atoms with E-state index in [9.17, 15) is 19.2 Å². The maximum absolute atomic E-state index is 13.9. The molecule has 1 saturated carbocycles. The molecule has 0 spiro atoms. The number of aryl methyl sites for hydroxylation is 1. The molecule has 44 heavy (non-hydrogen) atoms. The van der Waals surface area contributed by atoms with Gasteiger partial charge in [0.2, 0.25) is 11.7 Å². The molecule has 2 aromatic heterocycles. The highest BCUT2D eigenvalue weighted by Gasteiger charge is 2.35. The summed E-state index contributed by atoms with van der Waals surface area (Å²) in [6, 6.07) is 12.9. The van der Waals surface area contributed by atoms with Crippen LogP contribution in [0.3, 0.4) is 0 Å². The molecule has 232 valence electrons. The summed E-state index contributed by atoms with van der Waals surface area (Å²) in [6.07, 6.45) is 4.67. The smallest absolute Gasteiger partial charge is 0.330 e. The lowest BCUT2D eigenvalue weighted by Crippen LogP contribution is -2.50. The predicted octanol–water partition coefficient (Wildman–Crippen LogP) is 1.55. The molecule has 2 heterocycles. The monoisotopic (exact) mass is 621 g/mol. The van der Waals surface area contributed by atoms with Crippen molar-refractivity contribution in [2.24, 2.45) is 37.4 Å². The van der Waals surface area contributed by atoms with Crippen molar-refractivity contribution in [3.63, 3.8) is 0 Å². The Labute approximate surface area is 259 Å². The van der Waals surface area contributed by atoms with E-state index in [4.69, 9.17) is 11.5 Å². The van der Waals surface area contributed by atoms with Crippen LogP contribution in [0, 0.1) is 11.8 Å². The van der Waals surface area contributed by atoms with Crippen molar-refractivity contribution in [2.75, 3.05) is 11.4 Å². The summed E-state index contributed by atoms with van der Waals surface area (Å²) in [7, 11) is 3.02. The number of aromatic amines is 1. The van der Waals surface area contributed by atoms with Gasteiger partial charge < -0.3 is 16.0 Å². The first kappa shape index (κ1) is 32.5. The van der Waals surface area contributed by atoms with Crippen LogP contribution >= 0.6 is 12.4 Å². The molecule has 2 amide bonds. The third kappa shape index (κ3) is 6.69. The number of carbonyl (C=O) groups excluding carboxylic acids is 2. The quantitative estimate of drug-likeness (QED) is 0.262. The highest BCUT2D eigenvalue weighted by Crippen LogP contribution is 2.32. The number of aromatic nitrogens is 6. The Hall–Kier alpha value is -4.46. The minimum Gasteiger partial charge on any atom is -0.330 e. The van der Waals surface area contributed by atoms with E-state index in [1.165, 1.54) is 22.7 Å². The summed E-state index contributed by atoms with van der Waals surface area (Å²) in [6.45, 7) is 0.585. The third-order valence-electron chi connectivity index (χ3n) is 8.18. The minimum atomic E-state index is -1.00. The number of rotatable bonds is 8. The first-order chi connectivity index (χ1) is 20.7. The first-order valence-electron chi connectivity index (χ1n) is 14.2. The molecule has 1 atom stereocenters. The lowest BCUT2D eigenvalue weighted by atomic mass is 9.81. The van der Waals surface area contributed by atoms with Crippen LogP contribution in [0.15, 0.2) is 64.3 Å².